The number of nitrogens with one attached hydrogen (secondary N) is 1. The molecule has 0 bridgehead atoms. The average molecular weight is 286 g/mol. The van der Waals surface area contributed by atoms with E-state index >= 15 is 0 Å². The molecule has 0 unspecified atom stereocenters. The number of nitro benzene ring substituents is 1. The molecule has 0 aliphatic carbocycles. The van der Waals surface area contributed by atoms with Gasteiger partial charge in [0.15, 0.2) is 0 Å². The lowest BCUT2D eigenvalue weighted by Crippen LogP contribution is -2.17. The highest BCUT2D eigenvalue weighted by molar-refractivity contribution is 5.62. The summed E-state index contributed by atoms with van der Waals surface area (Å²) in [5, 5.41) is 10.9. The summed E-state index contributed by atoms with van der Waals surface area (Å²) < 4.78 is 0. The Labute approximate surface area is 123 Å². The number of rotatable bonds is 6. The van der Waals surface area contributed by atoms with Gasteiger partial charge in [-0.15, -0.1) is 0 Å². The van der Waals surface area contributed by atoms with Gasteiger partial charge in [0.1, 0.15) is 5.69 Å². The Morgan fingerprint density at radius 1 is 1.14 bits per heavy atom. The fourth-order valence-corrected chi connectivity index (χ4v) is 2.22. The van der Waals surface area contributed by atoms with Crippen molar-refractivity contribution in [1.29, 1.82) is 0 Å². The Hall–Kier alpha value is -2.44. The van der Waals surface area contributed by atoms with E-state index < -0.39 is 4.92 Å². The fourth-order valence-electron chi connectivity index (χ4n) is 2.22. The third kappa shape index (κ3) is 4.01. The molecule has 2 aromatic rings. The average Bonchev–Trinajstić information content (AvgIpc) is 2.47. The van der Waals surface area contributed by atoms with E-state index in [1.54, 1.807) is 12.1 Å². The van der Waals surface area contributed by atoms with Gasteiger partial charge in [0, 0.05) is 19.2 Å². The van der Waals surface area contributed by atoms with Gasteiger partial charge >= 0.3 is 0 Å². The molecule has 0 aliphatic heterocycles. The zero-order valence-corrected chi connectivity index (χ0v) is 11.8. The topological polar surface area (TPSA) is 84.4 Å². The van der Waals surface area contributed by atoms with Crippen molar-refractivity contribution < 1.29 is 4.92 Å². The molecule has 0 aromatic heterocycles. The number of hydrogen-bond donors (Lipinski definition) is 2. The summed E-state index contributed by atoms with van der Waals surface area (Å²) in [4.78, 5) is 12.5. The molecule has 0 saturated carbocycles. The zero-order chi connectivity index (χ0) is 15.2. The van der Waals surface area contributed by atoms with Crippen LogP contribution in [-0.4, -0.2) is 16.9 Å². The predicted octanol–water partition coefficient (Wildman–Crippen LogP) is 2.51. The largest absolute Gasteiger partial charge is 0.318 e. The van der Waals surface area contributed by atoms with E-state index in [2.05, 4.69) is 22.5 Å². The van der Waals surface area contributed by atoms with Crippen LogP contribution in [0.5, 0.6) is 0 Å². The Bertz CT molecular complexity index is 616. The number of anilines is 1. The molecule has 0 heterocycles. The van der Waals surface area contributed by atoms with Crippen LogP contribution in [0.3, 0.4) is 0 Å². The van der Waals surface area contributed by atoms with Crippen LogP contribution >= 0.6 is 0 Å². The van der Waals surface area contributed by atoms with E-state index in [1.807, 2.05) is 25.2 Å². The van der Waals surface area contributed by atoms with Gasteiger partial charge in [0.05, 0.1) is 4.92 Å². The van der Waals surface area contributed by atoms with Crippen LogP contribution in [0, 0.1) is 10.1 Å². The zero-order valence-electron chi connectivity index (χ0n) is 11.8. The van der Waals surface area contributed by atoms with E-state index in [9.17, 15) is 10.1 Å². The Morgan fingerprint density at radius 2 is 1.81 bits per heavy atom. The first-order valence-corrected chi connectivity index (χ1v) is 6.56. The van der Waals surface area contributed by atoms with E-state index in [0.717, 1.165) is 12.1 Å². The van der Waals surface area contributed by atoms with Crippen molar-refractivity contribution in [3.8, 4) is 0 Å². The third-order valence-electron chi connectivity index (χ3n) is 3.16. The van der Waals surface area contributed by atoms with Crippen LogP contribution < -0.4 is 11.3 Å². The van der Waals surface area contributed by atoms with Crippen molar-refractivity contribution in [3.63, 3.8) is 0 Å². The highest BCUT2D eigenvalue weighted by Crippen LogP contribution is 2.25. The molecule has 2 rings (SSSR count). The monoisotopic (exact) mass is 286 g/mol. The van der Waals surface area contributed by atoms with Crippen molar-refractivity contribution >= 4 is 11.4 Å². The quantitative estimate of drug-likeness (QED) is 0.484. The molecule has 0 radical (unpaired) electrons. The number of hydrazine groups is 1. The predicted molar refractivity (Wildman–Crippen MR) is 82.5 cm³/mol. The highest BCUT2D eigenvalue weighted by atomic mass is 16.6. The van der Waals surface area contributed by atoms with Gasteiger partial charge in [-0.05, 0) is 24.2 Å². The summed E-state index contributed by atoms with van der Waals surface area (Å²) in [5.41, 5.74) is 4.87. The molecule has 0 saturated heterocycles. The van der Waals surface area contributed by atoms with Crippen molar-refractivity contribution in [1.82, 2.24) is 4.90 Å². The molecule has 21 heavy (non-hydrogen) atoms. The first kappa shape index (κ1) is 15.0. The molecule has 0 atom stereocenters. The van der Waals surface area contributed by atoms with Gasteiger partial charge in [-0.1, -0.05) is 36.4 Å². The minimum absolute atomic E-state index is 0.0213. The lowest BCUT2D eigenvalue weighted by Gasteiger charge is -2.17. The second kappa shape index (κ2) is 6.83. The molecule has 2 aromatic carbocycles. The van der Waals surface area contributed by atoms with Crippen LogP contribution in [0.1, 0.15) is 11.1 Å². The van der Waals surface area contributed by atoms with Gasteiger partial charge in [-0.25, -0.2) is 0 Å². The third-order valence-corrected chi connectivity index (χ3v) is 3.16. The Balaban J connectivity index is 2.07. The van der Waals surface area contributed by atoms with E-state index in [-0.39, 0.29) is 5.69 Å². The molecule has 0 aliphatic rings. The maximum atomic E-state index is 10.9. The molecule has 110 valence electrons. The lowest BCUT2D eigenvalue weighted by atomic mass is 10.1. The molecule has 3 N–H and O–H groups in total. The number of benzene rings is 2. The van der Waals surface area contributed by atoms with Gasteiger partial charge in [-0.3, -0.25) is 20.9 Å². The number of nitrogens with zero attached hydrogens (tertiary/aromatic N) is 2. The molecule has 6 nitrogen and oxygen atoms in total. The Kier molecular flexibility index (Phi) is 4.86. The number of nitro groups is 1. The first-order valence-electron chi connectivity index (χ1n) is 6.56. The van der Waals surface area contributed by atoms with Crippen molar-refractivity contribution in [2.24, 2.45) is 5.84 Å². The molecular formula is C15H18N4O2. The molecule has 6 heteroatoms. The highest BCUT2D eigenvalue weighted by Gasteiger charge is 2.13. The van der Waals surface area contributed by atoms with Crippen molar-refractivity contribution in [2.75, 3.05) is 12.5 Å². The standard InChI is InChI=1S/C15H18N4O2/c1-18(10-12-5-3-2-4-6-12)11-13-7-8-15(19(20)21)14(9-13)17-16/h2-9,17H,10-11,16H2,1H3. The summed E-state index contributed by atoms with van der Waals surface area (Å²) >= 11 is 0. The lowest BCUT2D eigenvalue weighted by molar-refractivity contribution is -0.384. The van der Waals surface area contributed by atoms with E-state index in [1.165, 1.54) is 11.6 Å². The van der Waals surface area contributed by atoms with Crippen molar-refractivity contribution in [2.45, 2.75) is 13.1 Å². The van der Waals surface area contributed by atoms with Crippen LogP contribution in [0.25, 0.3) is 0 Å². The molecule has 0 amide bonds. The minimum Gasteiger partial charge on any atom is -0.318 e. The minimum atomic E-state index is -0.452. The summed E-state index contributed by atoms with van der Waals surface area (Å²) in [6.45, 7) is 1.49. The van der Waals surface area contributed by atoms with E-state index in [0.29, 0.717) is 12.2 Å². The van der Waals surface area contributed by atoms with E-state index in [4.69, 9.17) is 5.84 Å². The van der Waals surface area contributed by atoms with Crippen LogP contribution in [0.15, 0.2) is 48.5 Å². The molecule has 0 fully saturated rings. The van der Waals surface area contributed by atoms with Gasteiger partial charge < -0.3 is 5.43 Å². The van der Waals surface area contributed by atoms with Crippen LogP contribution in [0.2, 0.25) is 0 Å². The molecular weight excluding hydrogens is 268 g/mol. The van der Waals surface area contributed by atoms with Crippen molar-refractivity contribution in [3.05, 3.63) is 69.8 Å². The normalized spacial score (nSPS) is 10.6. The second-order valence-corrected chi connectivity index (χ2v) is 4.91. The second-order valence-electron chi connectivity index (χ2n) is 4.91. The SMILES string of the molecule is CN(Cc1ccccc1)Cc1ccc([N+](=O)[O-])c(NN)c1. The van der Waals surface area contributed by atoms with Crippen LogP contribution in [0.4, 0.5) is 11.4 Å². The van der Waals surface area contributed by atoms with Gasteiger partial charge in [0.25, 0.3) is 5.69 Å². The maximum Gasteiger partial charge on any atom is 0.293 e. The summed E-state index contributed by atoms with van der Waals surface area (Å²) in [5.74, 6) is 5.34. The fraction of sp³-hybridized carbons (Fsp3) is 0.200. The number of nitrogen functional groups attached to an aromatic ring is 1. The Morgan fingerprint density at radius 3 is 2.43 bits per heavy atom. The number of nitrogens with two attached hydrogens (primary N) is 1. The summed E-state index contributed by atoms with van der Waals surface area (Å²) in [6, 6.07) is 15.1. The number of hydrogen-bond acceptors (Lipinski definition) is 5. The van der Waals surface area contributed by atoms with Crippen LogP contribution in [-0.2, 0) is 13.1 Å². The van der Waals surface area contributed by atoms with Gasteiger partial charge in [0.2, 0.25) is 0 Å². The smallest absolute Gasteiger partial charge is 0.293 e. The molecule has 0 spiro atoms. The first-order chi connectivity index (χ1) is 10.1. The summed E-state index contributed by atoms with van der Waals surface area (Å²) in [7, 11) is 2.00. The maximum absolute atomic E-state index is 10.9. The summed E-state index contributed by atoms with van der Waals surface area (Å²) in [6.07, 6.45) is 0. The van der Waals surface area contributed by atoms with Gasteiger partial charge in [-0.2, -0.15) is 0 Å².